The maximum atomic E-state index is 12.3. The van der Waals surface area contributed by atoms with Crippen LogP contribution < -0.4 is 5.32 Å². The van der Waals surface area contributed by atoms with E-state index in [4.69, 9.17) is 4.74 Å². The van der Waals surface area contributed by atoms with E-state index < -0.39 is 5.54 Å². The van der Waals surface area contributed by atoms with Crippen molar-refractivity contribution in [2.24, 2.45) is 5.92 Å². The molecule has 4 heteroatoms. The van der Waals surface area contributed by atoms with Gasteiger partial charge in [0.25, 0.3) is 0 Å². The molecule has 0 aliphatic heterocycles. The Balaban J connectivity index is 2.85. The van der Waals surface area contributed by atoms with Crippen molar-refractivity contribution in [1.29, 1.82) is 0 Å². The van der Waals surface area contributed by atoms with Gasteiger partial charge in [-0.25, -0.2) is 4.79 Å². The highest BCUT2D eigenvalue weighted by molar-refractivity contribution is 5.82. The highest BCUT2D eigenvalue weighted by Crippen LogP contribution is 2.41. The summed E-state index contributed by atoms with van der Waals surface area (Å²) in [6, 6.07) is 0.441. The van der Waals surface area contributed by atoms with E-state index in [1.165, 1.54) is 0 Å². The van der Waals surface area contributed by atoms with E-state index in [9.17, 15) is 4.79 Å². The van der Waals surface area contributed by atoms with Crippen molar-refractivity contribution in [1.82, 2.24) is 10.2 Å². The van der Waals surface area contributed by atoms with Gasteiger partial charge in [-0.1, -0.05) is 6.92 Å². The average Bonchev–Trinajstić information content (AvgIpc) is 3.15. The number of esters is 1. The van der Waals surface area contributed by atoms with Gasteiger partial charge in [-0.05, 0) is 53.1 Å². The van der Waals surface area contributed by atoms with E-state index in [1.807, 2.05) is 14.0 Å². The summed E-state index contributed by atoms with van der Waals surface area (Å²) < 4.78 is 5.30. The molecule has 1 aliphatic rings. The van der Waals surface area contributed by atoms with Crippen LogP contribution in [0, 0.1) is 5.92 Å². The molecule has 1 saturated carbocycles. The smallest absolute Gasteiger partial charge is 0.327 e. The monoisotopic (exact) mass is 256 g/mol. The first kappa shape index (κ1) is 15.4. The summed E-state index contributed by atoms with van der Waals surface area (Å²) in [5, 5.41) is 3.27. The molecule has 0 radical (unpaired) electrons. The average molecular weight is 256 g/mol. The van der Waals surface area contributed by atoms with E-state index in [2.05, 4.69) is 31.0 Å². The highest BCUT2D eigenvalue weighted by atomic mass is 16.5. The van der Waals surface area contributed by atoms with Crippen molar-refractivity contribution in [2.75, 3.05) is 26.7 Å². The minimum absolute atomic E-state index is 0.0888. The Morgan fingerprint density at radius 3 is 2.39 bits per heavy atom. The normalized spacial score (nSPS) is 19.1. The fraction of sp³-hybridized carbons (Fsp3) is 0.929. The molecule has 1 atom stereocenters. The second kappa shape index (κ2) is 6.53. The molecule has 0 bridgehead atoms. The minimum Gasteiger partial charge on any atom is -0.465 e. The molecule has 0 aromatic rings. The van der Waals surface area contributed by atoms with Gasteiger partial charge in [-0.15, -0.1) is 0 Å². The zero-order chi connectivity index (χ0) is 13.8. The first-order valence-electron chi connectivity index (χ1n) is 7.12. The van der Waals surface area contributed by atoms with Gasteiger partial charge in [0.1, 0.15) is 5.54 Å². The summed E-state index contributed by atoms with van der Waals surface area (Å²) in [4.78, 5) is 14.7. The summed E-state index contributed by atoms with van der Waals surface area (Å²) in [5.74, 6) is 0.337. The number of carbonyl (C=O) groups excluding carboxylic acids is 1. The third-order valence-corrected chi connectivity index (χ3v) is 3.95. The Labute approximate surface area is 111 Å². The third-order valence-electron chi connectivity index (χ3n) is 3.95. The number of nitrogens with zero attached hydrogens (tertiary/aromatic N) is 1. The summed E-state index contributed by atoms with van der Waals surface area (Å²) >= 11 is 0. The van der Waals surface area contributed by atoms with Crippen LogP contribution in [0.15, 0.2) is 0 Å². The first-order chi connectivity index (χ1) is 8.51. The summed E-state index contributed by atoms with van der Waals surface area (Å²) in [6.45, 7) is 10.5. The number of likely N-dealkylation sites (N-methyl/N-ethyl adjacent to an activating group) is 2. The maximum Gasteiger partial charge on any atom is 0.327 e. The second-order valence-electron chi connectivity index (χ2n) is 5.37. The van der Waals surface area contributed by atoms with Gasteiger partial charge in [0, 0.05) is 12.6 Å². The van der Waals surface area contributed by atoms with Crippen LogP contribution in [-0.2, 0) is 9.53 Å². The van der Waals surface area contributed by atoms with Crippen LogP contribution in [0.2, 0.25) is 0 Å². The first-order valence-corrected chi connectivity index (χ1v) is 7.12. The van der Waals surface area contributed by atoms with Crippen LogP contribution in [0.25, 0.3) is 0 Å². The van der Waals surface area contributed by atoms with Gasteiger partial charge in [-0.2, -0.15) is 0 Å². The molecule has 1 fully saturated rings. The molecular weight excluding hydrogens is 228 g/mol. The largest absolute Gasteiger partial charge is 0.465 e. The summed E-state index contributed by atoms with van der Waals surface area (Å²) in [5.41, 5.74) is -0.518. The van der Waals surface area contributed by atoms with Crippen LogP contribution in [0.1, 0.15) is 40.5 Å². The fourth-order valence-electron chi connectivity index (χ4n) is 2.56. The SMILES string of the molecule is CCOC(=O)C(CN(CC)C(C)C)(NC)C1CC1. The molecule has 106 valence electrons. The lowest BCUT2D eigenvalue weighted by atomic mass is 9.92. The molecule has 0 heterocycles. The van der Waals surface area contributed by atoms with Crippen molar-refractivity contribution in [3.8, 4) is 0 Å². The number of hydrogen-bond acceptors (Lipinski definition) is 4. The molecule has 0 spiro atoms. The van der Waals surface area contributed by atoms with E-state index in [-0.39, 0.29) is 5.97 Å². The van der Waals surface area contributed by atoms with Crippen LogP contribution >= 0.6 is 0 Å². The number of rotatable bonds is 8. The van der Waals surface area contributed by atoms with Crippen LogP contribution in [0.3, 0.4) is 0 Å². The predicted octanol–water partition coefficient (Wildman–Crippen LogP) is 1.65. The van der Waals surface area contributed by atoms with Gasteiger partial charge in [0.2, 0.25) is 0 Å². The molecule has 1 N–H and O–H groups in total. The third kappa shape index (κ3) is 3.23. The highest BCUT2D eigenvalue weighted by Gasteiger charge is 2.52. The Morgan fingerprint density at radius 2 is 2.06 bits per heavy atom. The molecule has 18 heavy (non-hydrogen) atoms. The van der Waals surface area contributed by atoms with Crippen molar-refractivity contribution < 1.29 is 9.53 Å². The molecule has 1 aliphatic carbocycles. The van der Waals surface area contributed by atoms with Gasteiger partial charge in [-0.3, -0.25) is 4.90 Å². The molecule has 1 unspecified atom stereocenters. The van der Waals surface area contributed by atoms with E-state index >= 15 is 0 Å². The number of carbonyl (C=O) groups is 1. The maximum absolute atomic E-state index is 12.3. The van der Waals surface area contributed by atoms with Gasteiger partial charge >= 0.3 is 5.97 Å². The molecule has 0 saturated heterocycles. The van der Waals surface area contributed by atoms with Gasteiger partial charge in [0.05, 0.1) is 6.61 Å². The van der Waals surface area contributed by atoms with E-state index in [1.54, 1.807) is 0 Å². The van der Waals surface area contributed by atoms with Gasteiger partial charge < -0.3 is 10.1 Å². The Kier molecular flexibility index (Phi) is 5.60. The van der Waals surface area contributed by atoms with Gasteiger partial charge in [0.15, 0.2) is 0 Å². The number of ether oxygens (including phenoxy) is 1. The second-order valence-corrected chi connectivity index (χ2v) is 5.37. The zero-order valence-corrected chi connectivity index (χ0v) is 12.5. The lowest BCUT2D eigenvalue weighted by molar-refractivity contribution is -0.153. The van der Waals surface area contributed by atoms with Crippen LogP contribution in [0.4, 0.5) is 0 Å². The number of hydrogen-bond donors (Lipinski definition) is 1. The standard InChI is InChI=1S/C14H28N2O2/c1-6-16(11(3)4)10-14(15-5,12-8-9-12)13(17)18-7-2/h11-12,15H,6-10H2,1-5H3. The summed E-state index contributed by atoms with van der Waals surface area (Å²) in [7, 11) is 1.88. The molecular formula is C14H28N2O2. The zero-order valence-electron chi connectivity index (χ0n) is 12.5. The lowest BCUT2D eigenvalue weighted by Crippen LogP contribution is -2.61. The van der Waals surface area contributed by atoms with Crippen molar-refractivity contribution in [3.05, 3.63) is 0 Å². The summed E-state index contributed by atoms with van der Waals surface area (Å²) in [6.07, 6.45) is 2.24. The molecule has 4 nitrogen and oxygen atoms in total. The van der Waals surface area contributed by atoms with Crippen LogP contribution in [-0.4, -0.2) is 49.2 Å². The lowest BCUT2D eigenvalue weighted by Gasteiger charge is -2.38. The van der Waals surface area contributed by atoms with Crippen molar-refractivity contribution in [2.45, 2.75) is 52.1 Å². The van der Waals surface area contributed by atoms with E-state index in [0.717, 1.165) is 25.9 Å². The van der Waals surface area contributed by atoms with Crippen molar-refractivity contribution >= 4 is 5.97 Å². The minimum atomic E-state index is -0.518. The molecule has 0 aromatic carbocycles. The fourth-order valence-corrected chi connectivity index (χ4v) is 2.56. The predicted molar refractivity (Wildman–Crippen MR) is 73.5 cm³/mol. The molecule has 0 amide bonds. The number of nitrogens with one attached hydrogen (secondary N) is 1. The Morgan fingerprint density at radius 1 is 1.44 bits per heavy atom. The Hall–Kier alpha value is -0.610. The van der Waals surface area contributed by atoms with Crippen molar-refractivity contribution in [3.63, 3.8) is 0 Å². The quantitative estimate of drug-likeness (QED) is 0.671. The van der Waals surface area contributed by atoms with E-state index in [0.29, 0.717) is 18.6 Å². The topological polar surface area (TPSA) is 41.6 Å². The molecule has 0 aromatic heterocycles. The van der Waals surface area contributed by atoms with Crippen LogP contribution in [0.5, 0.6) is 0 Å². The molecule has 1 rings (SSSR count). The Bertz CT molecular complexity index is 277.